The lowest BCUT2D eigenvalue weighted by Gasteiger charge is -1.99. The van der Waals surface area contributed by atoms with Crippen molar-refractivity contribution in [1.82, 2.24) is 10.1 Å². The Morgan fingerprint density at radius 2 is 2.00 bits per heavy atom. The van der Waals surface area contributed by atoms with E-state index >= 15 is 0 Å². The van der Waals surface area contributed by atoms with Crippen LogP contribution >= 0.6 is 11.8 Å². The minimum Gasteiger partial charge on any atom is -0.399 e. The van der Waals surface area contributed by atoms with Crippen LogP contribution in [0, 0.1) is 6.92 Å². The summed E-state index contributed by atoms with van der Waals surface area (Å²) < 4.78 is 5.31. The second-order valence-corrected chi connectivity index (χ2v) is 5.74. The number of benzene rings is 2. The third-order valence-corrected chi connectivity index (χ3v) is 4.05. The van der Waals surface area contributed by atoms with Gasteiger partial charge in [0.25, 0.3) is 0 Å². The van der Waals surface area contributed by atoms with Crippen molar-refractivity contribution in [2.24, 2.45) is 0 Å². The Labute approximate surface area is 127 Å². The van der Waals surface area contributed by atoms with Gasteiger partial charge in [-0.25, -0.2) is 0 Å². The summed E-state index contributed by atoms with van der Waals surface area (Å²) in [5, 5.41) is 4.05. The molecule has 0 radical (unpaired) electrons. The molecule has 4 nitrogen and oxygen atoms in total. The minimum absolute atomic E-state index is 0.612. The average molecular weight is 297 g/mol. The van der Waals surface area contributed by atoms with E-state index in [4.69, 9.17) is 10.3 Å². The molecule has 0 unspecified atom stereocenters. The second-order valence-electron chi connectivity index (χ2n) is 4.69. The van der Waals surface area contributed by atoms with Crippen molar-refractivity contribution in [2.75, 3.05) is 5.73 Å². The van der Waals surface area contributed by atoms with Crippen molar-refractivity contribution >= 4 is 17.4 Å². The molecule has 0 bridgehead atoms. The molecule has 21 heavy (non-hydrogen) atoms. The van der Waals surface area contributed by atoms with Crippen LogP contribution in [-0.4, -0.2) is 10.1 Å². The molecule has 0 aliphatic heterocycles. The van der Waals surface area contributed by atoms with E-state index in [9.17, 15) is 0 Å². The molecule has 1 heterocycles. The fourth-order valence-electron chi connectivity index (χ4n) is 2.00. The fraction of sp³-hybridized carbons (Fsp3) is 0.125. The maximum atomic E-state index is 5.76. The highest BCUT2D eigenvalue weighted by atomic mass is 32.2. The molecule has 0 saturated carbocycles. The quantitative estimate of drug-likeness (QED) is 0.584. The number of anilines is 1. The van der Waals surface area contributed by atoms with E-state index < -0.39 is 0 Å². The lowest BCUT2D eigenvalue weighted by atomic mass is 10.1. The Kier molecular flexibility index (Phi) is 3.92. The van der Waals surface area contributed by atoms with Crippen molar-refractivity contribution in [2.45, 2.75) is 17.6 Å². The number of nitrogens with two attached hydrogens (primary N) is 1. The zero-order chi connectivity index (χ0) is 14.7. The predicted molar refractivity (Wildman–Crippen MR) is 84.9 cm³/mol. The van der Waals surface area contributed by atoms with Crippen molar-refractivity contribution in [3.63, 3.8) is 0 Å². The molecule has 0 spiro atoms. The van der Waals surface area contributed by atoms with E-state index in [0.29, 0.717) is 17.5 Å². The molecule has 0 saturated heterocycles. The molecule has 0 aliphatic carbocycles. The van der Waals surface area contributed by atoms with E-state index in [1.807, 2.05) is 55.5 Å². The molecule has 106 valence electrons. The van der Waals surface area contributed by atoms with E-state index in [-0.39, 0.29) is 0 Å². The summed E-state index contributed by atoms with van der Waals surface area (Å²) >= 11 is 1.62. The average Bonchev–Trinajstić information content (AvgIpc) is 2.94. The highest BCUT2D eigenvalue weighted by Gasteiger charge is 2.10. The molecule has 2 aromatic carbocycles. The van der Waals surface area contributed by atoms with Crippen LogP contribution in [0.15, 0.2) is 57.9 Å². The number of aryl methyl sites for hydroxylation is 1. The van der Waals surface area contributed by atoms with Gasteiger partial charge < -0.3 is 10.3 Å². The van der Waals surface area contributed by atoms with Gasteiger partial charge in [0.1, 0.15) is 0 Å². The van der Waals surface area contributed by atoms with Crippen LogP contribution in [0.5, 0.6) is 0 Å². The zero-order valence-electron chi connectivity index (χ0n) is 11.6. The Hall–Kier alpha value is -2.27. The summed E-state index contributed by atoms with van der Waals surface area (Å²) in [6, 6.07) is 15.7. The molecule has 1 aromatic heterocycles. The van der Waals surface area contributed by atoms with E-state index in [0.717, 1.165) is 21.7 Å². The number of nitrogen functional groups attached to an aromatic ring is 1. The highest BCUT2D eigenvalue weighted by Crippen LogP contribution is 2.25. The Balaban J connectivity index is 1.72. The zero-order valence-corrected chi connectivity index (χ0v) is 12.4. The van der Waals surface area contributed by atoms with E-state index in [2.05, 4.69) is 10.1 Å². The van der Waals surface area contributed by atoms with Gasteiger partial charge >= 0.3 is 0 Å². The van der Waals surface area contributed by atoms with Crippen molar-refractivity contribution in [3.8, 4) is 11.4 Å². The van der Waals surface area contributed by atoms with Gasteiger partial charge in [0.2, 0.25) is 11.7 Å². The number of aromatic nitrogens is 2. The molecule has 0 aliphatic rings. The number of hydrogen-bond donors (Lipinski definition) is 1. The Bertz CT molecular complexity index is 755. The number of hydrogen-bond acceptors (Lipinski definition) is 5. The number of rotatable bonds is 4. The molecule has 5 heteroatoms. The van der Waals surface area contributed by atoms with Gasteiger partial charge in [-0.15, -0.1) is 11.8 Å². The van der Waals surface area contributed by atoms with Crippen molar-refractivity contribution in [3.05, 3.63) is 60.0 Å². The number of thioether (sulfide) groups is 1. The first kappa shape index (κ1) is 13.7. The maximum Gasteiger partial charge on any atom is 0.237 e. The smallest absolute Gasteiger partial charge is 0.237 e. The highest BCUT2D eigenvalue weighted by molar-refractivity contribution is 7.98. The summed E-state index contributed by atoms with van der Waals surface area (Å²) in [4.78, 5) is 5.54. The third kappa shape index (κ3) is 3.25. The maximum absolute atomic E-state index is 5.76. The first-order valence-electron chi connectivity index (χ1n) is 6.59. The number of nitrogens with zero attached hydrogens (tertiary/aromatic N) is 2. The summed E-state index contributed by atoms with van der Waals surface area (Å²) in [6.45, 7) is 2.03. The molecular weight excluding hydrogens is 282 g/mol. The monoisotopic (exact) mass is 297 g/mol. The summed E-state index contributed by atoms with van der Waals surface area (Å²) in [5.74, 6) is 1.87. The molecule has 0 amide bonds. The van der Waals surface area contributed by atoms with Crippen LogP contribution in [-0.2, 0) is 5.75 Å². The normalized spacial score (nSPS) is 10.7. The minimum atomic E-state index is 0.612. The SMILES string of the molecule is Cc1ccccc1-c1noc(CSc2cccc(N)c2)n1. The Morgan fingerprint density at radius 1 is 1.14 bits per heavy atom. The Morgan fingerprint density at radius 3 is 2.81 bits per heavy atom. The first-order valence-corrected chi connectivity index (χ1v) is 7.58. The predicted octanol–water partition coefficient (Wildman–Crippen LogP) is 3.92. The first-order chi connectivity index (χ1) is 10.2. The summed E-state index contributed by atoms with van der Waals surface area (Å²) in [5.41, 5.74) is 8.65. The van der Waals surface area contributed by atoms with Crippen LogP contribution in [0.4, 0.5) is 5.69 Å². The van der Waals surface area contributed by atoms with Crippen molar-refractivity contribution in [1.29, 1.82) is 0 Å². The van der Waals surface area contributed by atoms with Crippen LogP contribution in [0.1, 0.15) is 11.5 Å². The molecular formula is C16H15N3OS. The standard InChI is InChI=1S/C16H15N3OS/c1-11-5-2-3-8-14(11)16-18-15(20-19-16)10-21-13-7-4-6-12(17)9-13/h2-9H,10,17H2,1H3. The van der Waals surface area contributed by atoms with Gasteiger partial charge in [0, 0.05) is 16.1 Å². The van der Waals surface area contributed by atoms with Crippen molar-refractivity contribution < 1.29 is 4.52 Å². The van der Waals surface area contributed by atoms with E-state index in [1.54, 1.807) is 11.8 Å². The summed E-state index contributed by atoms with van der Waals surface area (Å²) in [6.07, 6.45) is 0. The van der Waals surface area contributed by atoms with Crippen LogP contribution < -0.4 is 5.73 Å². The van der Waals surface area contributed by atoms with E-state index in [1.165, 1.54) is 0 Å². The molecule has 0 atom stereocenters. The van der Waals surface area contributed by atoms with Gasteiger partial charge in [-0.2, -0.15) is 4.98 Å². The van der Waals surface area contributed by atoms with Crippen LogP contribution in [0.25, 0.3) is 11.4 Å². The van der Waals surface area contributed by atoms with Gasteiger partial charge in [-0.3, -0.25) is 0 Å². The van der Waals surface area contributed by atoms with Crippen LogP contribution in [0.3, 0.4) is 0 Å². The van der Waals surface area contributed by atoms with Gasteiger partial charge in [-0.05, 0) is 30.7 Å². The lowest BCUT2D eigenvalue weighted by Crippen LogP contribution is -1.86. The fourth-order valence-corrected chi connectivity index (χ4v) is 2.80. The third-order valence-electron chi connectivity index (χ3n) is 3.07. The molecule has 3 aromatic rings. The molecule has 0 fully saturated rings. The topological polar surface area (TPSA) is 64.9 Å². The van der Waals surface area contributed by atoms with Gasteiger partial charge in [-0.1, -0.05) is 35.5 Å². The molecule has 2 N–H and O–H groups in total. The lowest BCUT2D eigenvalue weighted by molar-refractivity contribution is 0.391. The second kappa shape index (κ2) is 6.01. The van der Waals surface area contributed by atoms with Crippen LogP contribution in [0.2, 0.25) is 0 Å². The van der Waals surface area contributed by atoms with Gasteiger partial charge in [0.15, 0.2) is 0 Å². The molecule has 3 rings (SSSR count). The largest absolute Gasteiger partial charge is 0.399 e. The summed E-state index contributed by atoms with van der Waals surface area (Å²) in [7, 11) is 0. The van der Waals surface area contributed by atoms with Gasteiger partial charge in [0.05, 0.1) is 5.75 Å².